The largest absolute Gasteiger partial charge is 0.422 e. The summed E-state index contributed by atoms with van der Waals surface area (Å²) >= 11 is 1.90. The Bertz CT molecular complexity index is 1010. The minimum absolute atomic E-state index is 0.0206. The Hall–Kier alpha value is -2.80. The zero-order valence-electron chi connectivity index (χ0n) is 14.0. The molecule has 0 aliphatic carbocycles. The fraction of sp³-hybridized carbons (Fsp3) is 0.211. The molecule has 4 rings (SSSR count). The quantitative estimate of drug-likeness (QED) is 0.717. The summed E-state index contributed by atoms with van der Waals surface area (Å²) in [5.74, 6) is 2.28. The summed E-state index contributed by atoms with van der Waals surface area (Å²) in [5, 5.41) is 3.53. The van der Waals surface area contributed by atoms with Crippen molar-refractivity contribution in [3.8, 4) is 0 Å². The third kappa shape index (κ3) is 3.30. The lowest BCUT2D eigenvalue weighted by Crippen LogP contribution is -2.34. The van der Waals surface area contributed by atoms with Gasteiger partial charge in [0.1, 0.15) is 11.1 Å². The Labute approximate surface area is 154 Å². The van der Waals surface area contributed by atoms with Gasteiger partial charge in [0, 0.05) is 36.2 Å². The van der Waals surface area contributed by atoms with Crippen LogP contribution in [-0.4, -0.2) is 35.5 Å². The number of para-hydroxylation sites is 1. The number of aromatic nitrogens is 1. The molecule has 1 N–H and O–H groups in total. The first-order chi connectivity index (χ1) is 12.7. The van der Waals surface area contributed by atoms with Crippen LogP contribution in [0.5, 0.6) is 0 Å². The number of hydrogen-bond acceptors (Lipinski definition) is 6. The van der Waals surface area contributed by atoms with Gasteiger partial charge in [-0.05, 0) is 24.3 Å². The highest BCUT2D eigenvalue weighted by atomic mass is 32.2. The number of hydrogen-bond donors (Lipinski definition) is 1. The highest BCUT2D eigenvalue weighted by Gasteiger charge is 2.19. The first kappa shape index (κ1) is 16.7. The number of benzene rings is 1. The molecule has 6 nitrogen and oxygen atoms in total. The van der Waals surface area contributed by atoms with E-state index in [-0.39, 0.29) is 5.56 Å². The SMILES string of the molecule is O=C(Nc1cccnc1N1CCSCC1)c1cc2ccccc2oc1=O. The van der Waals surface area contributed by atoms with Crippen LogP contribution in [0.4, 0.5) is 11.5 Å². The van der Waals surface area contributed by atoms with E-state index < -0.39 is 11.5 Å². The fourth-order valence-corrected chi connectivity index (χ4v) is 3.83. The van der Waals surface area contributed by atoms with Crippen LogP contribution in [0.2, 0.25) is 0 Å². The molecule has 1 fully saturated rings. The molecule has 3 aromatic rings. The monoisotopic (exact) mass is 367 g/mol. The van der Waals surface area contributed by atoms with E-state index in [2.05, 4.69) is 15.2 Å². The first-order valence-electron chi connectivity index (χ1n) is 8.34. The number of nitrogens with zero attached hydrogens (tertiary/aromatic N) is 2. The second-order valence-electron chi connectivity index (χ2n) is 5.91. The minimum atomic E-state index is -0.652. The normalized spacial score (nSPS) is 14.4. The molecule has 0 atom stereocenters. The first-order valence-corrected chi connectivity index (χ1v) is 9.50. The number of fused-ring (bicyclic) bond motifs is 1. The van der Waals surface area contributed by atoms with Gasteiger partial charge in [-0.3, -0.25) is 4.79 Å². The average Bonchev–Trinajstić information content (AvgIpc) is 2.68. The molecule has 1 aliphatic rings. The maximum absolute atomic E-state index is 12.7. The van der Waals surface area contributed by atoms with Crippen LogP contribution in [0.15, 0.2) is 57.9 Å². The van der Waals surface area contributed by atoms with Gasteiger partial charge in [0.15, 0.2) is 5.82 Å². The van der Waals surface area contributed by atoms with Crippen LogP contribution in [0.3, 0.4) is 0 Å². The molecule has 2 aromatic heterocycles. The second kappa shape index (κ2) is 7.21. The number of nitrogens with one attached hydrogen (secondary N) is 1. The summed E-state index contributed by atoms with van der Waals surface area (Å²) in [5.41, 5.74) is 0.382. The van der Waals surface area contributed by atoms with Crippen molar-refractivity contribution in [3.05, 3.63) is 64.6 Å². The van der Waals surface area contributed by atoms with Crippen molar-refractivity contribution >= 4 is 40.1 Å². The van der Waals surface area contributed by atoms with E-state index in [1.807, 2.05) is 17.8 Å². The Morgan fingerprint density at radius 1 is 1.15 bits per heavy atom. The zero-order chi connectivity index (χ0) is 17.9. The van der Waals surface area contributed by atoms with E-state index in [1.54, 1.807) is 42.6 Å². The van der Waals surface area contributed by atoms with Crippen LogP contribution in [0, 0.1) is 0 Å². The van der Waals surface area contributed by atoms with Crippen LogP contribution in [0.25, 0.3) is 11.0 Å². The molecule has 1 aliphatic heterocycles. The number of carbonyl (C=O) groups excluding carboxylic acids is 1. The Balaban J connectivity index is 1.65. The van der Waals surface area contributed by atoms with Crippen molar-refractivity contribution in [2.24, 2.45) is 0 Å². The maximum atomic E-state index is 12.7. The summed E-state index contributed by atoms with van der Waals surface area (Å²) in [6, 6.07) is 12.2. The van der Waals surface area contributed by atoms with Gasteiger partial charge >= 0.3 is 5.63 Å². The molecule has 0 spiro atoms. The zero-order valence-corrected chi connectivity index (χ0v) is 14.8. The molecule has 0 radical (unpaired) electrons. The molecular formula is C19H17N3O3S. The smallest absolute Gasteiger partial charge is 0.349 e. The molecule has 0 saturated carbocycles. The molecule has 3 heterocycles. The van der Waals surface area contributed by atoms with Gasteiger partial charge in [0.2, 0.25) is 0 Å². The minimum Gasteiger partial charge on any atom is -0.422 e. The van der Waals surface area contributed by atoms with Gasteiger partial charge in [-0.1, -0.05) is 18.2 Å². The third-order valence-electron chi connectivity index (χ3n) is 4.23. The van der Waals surface area contributed by atoms with Crippen molar-refractivity contribution in [1.29, 1.82) is 0 Å². The van der Waals surface area contributed by atoms with E-state index in [1.165, 1.54) is 0 Å². The van der Waals surface area contributed by atoms with Gasteiger partial charge in [0.25, 0.3) is 5.91 Å². The molecule has 26 heavy (non-hydrogen) atoms. The summed E-state index contributed by atoms with van der Waals surface area (Å²) < 4.78 is 5.25. The van der Waals surface area contributed by atoms with Crippen LogP contribution in [-0.2, 0) is 0 Å². The second-order valence-corrected chi connectivity index (χ2v) is 7.14. The van der Waals surface area contributed by atoms with E-state index >= 15 is 0 Å². The highest BCUT2D eigenvalue weighted by molar-refractivity contribution is 7.99. The van der Waals surface area contributed by atoms with E-state index in [4.69, 9.17) is 4.42 Å². The lowest BCUT2D eigenvalue weighted by molar-refractivity contribution is 0.102. The molecule has 0 bridgehead atoms. The topological polar surface area (TPSA) is 75.4 Å². The average molecular weight is 367 g/mol. The lowest BCUT2D eigenvalue weighted by atomic mass is 10.1. The predicted octanol–water partition coefficient (Wildman–Crippen LogP) is 2.99. The highest BCUT2D eigenvalue weighted by Crippen LogP contribution is 2.26. The molecule has 1 aromatic carbocycles. The van der Waals surface area contributed by atoms with Gasteiger partial charge in [-0.25, -0.2) is 9.78 Å². The van der Waals surface area contributed by atoms with Gasteiger partial charge in [-0.2, -0.15) is 11.8 Å². The Kier molecular flexibility index (Phi) is 4.62. The Morgan fingerprint density at radius 3 is 2.81 bits per heavy atom. The summed E-state index contributed by atoms with van der Waals surface area (Å²) in [7, 11) is 0. The van der Waals surface area contributed by atoms with Crippen LogP contribution in [0.1, 0.15) is 10.4 Å². The summed E-state index contributed by atoms with van der Waals surface area (Å²) in [6.07, 6.45) is 1.71. The van der Waals surface area contributed by atoms with Gasteiger partial charge < -0.3 is 14.6 Å². The fourth-order valence-electron chi connectivity index (χ4n) is 2.93. The molecule has 1 saturated heterocycles. The number of anilines is 2. The standard InChI is InChI=1S/C19H17N3O3S/c23-18(14-12-13-4-1-2-6-16(13)25-19(14)24)21-15-5-3-7-20-17(15)22-8-10-26-11-9-22/h1-7,12H,8-11H2,(H,21,23). The number of pyridine rings is 1. The maximum Gasteiger partial charge on any atom is 0.349 e. The number of thioether (sulfide) groups is 1. The summed E-state index contributed by atoms with van der Waals surface area (Å²) in [6.45, 7) is 1.76. The van der Waals surface area contributed by atoms with E-state index in [0.29, 0.717) is 16.7 Å². The van der Waals surface area contributed by atoms with Crippen molar-refractivity contribution in [3.63, 3.8) is 0 Å². The summed E-state index contributed by atoms with van der Waals surface area (Å²) in [4.78, 5) is 31.5. The molecule has 132 valence electrons. The molecular weight excluding hydrogens is 350 g/mol. The van der Waals surface area contributed by atoms with Crippen molar-refractivity contribution in [1.82, 2.24) is 4.98 Å². The van der Waals surface area contributed by atoms with Gasteiger partial charge in [-0.15, -0.1) is 0 Å². The van der Waals surface area contributed by atoms with Gasteiger partial charge in [0.05, 0.1) is 5.69 Å². The third-order valence-corrected chi connectivity index (χ3v) is 5.17. The van der Waals surface area contributed by atoms with E-state index in [9.17, 15) is 9.59 Å². The molecule has 7 heteroatoms. The number of amides is 1. The lowest BCUT2D eigenvalue weighted by Gasteiger charge is -2.28. The Morgan fingerprint density at radius 2 is 1.96 bits per heavy atom. The van der Waals surface area contributed by atoms with Crippen LogP contribution >= 0.6 is 11.8 Å². The van der Waals surface area contributed by atoms with Crippen molar-refractivity contribution < 1.29 is 9.21 Å². The predicted molar refractivity (Wildman–Crippen MR) is 104 cm³/mol. The van der Waals surface area contributed by atoms with E-state index in [0.717, 1.165) is 30.4 Å². The van der Waals surface area contributed by atoms with Crippen LogP contribution < -0.4 is 15.8 Å². The number of rotatable bonds is 3. The van der Waals surface area contributed by atoms with Crippen molar-refractivity contribution in [2.45, 2.75) is 0 Å². The molecule has 0 unspecified atom stereocenters. The molecule has 1 amide bonds. The van der Waals surface area contributed by atoms with Crippen molar-refractivity contribution in [2.75, 3.05) is 34.8 Å². The number of carbonyl (C=O) groups is 1.